The Labute approximate surface area is 163 Å². The summed E-state index contributed by atoms with van der Waals surface area (Å²) < 4.78 is 22.9. The number of anilines is 2. The van der Waals surface area contributed by atoms with Crippen LogP contribution in [0.2, 0.25) is 0 Å². The van der Waals surface area contributed by atoms with Gasteiger partial charge >= 0.3 is 0 Å². The molecule has 0 unspecified atom stereocenters. The van der Waals surface area contributed by atoms with Crippen LogP contribution in [0.15, 0.2) is 35.2 Å². The minimum absolute atomic E-state index is 0.102. The number of likely N-dealkylation sites (N-methyl/N-ethyl adjacent to an activating group) is 1. The summed E-state index contributed by atoms with van der Waals surface area (Å²) in [4.78, 5) is 24.1. The number of nitrogens with two attached hydrogens (primary N) is 1. The Balaban J connectivity index is 2.26. The summed E-state index contributed by atoms with van der Waals surface area (Å²) in [6.07, 6.45) is 0. The molecule has 0 aromatic heterocycles. The predicted octanol–water partition coefficient (Wildman–Crippen LogP) is 2.24. The highest BCUT2D eigenvalue weighted by molar-refractivity contribution is 7.89. The van der Waals surface area contributed by atoms with Gasteiger partial charge in [-0.2, -0.15) is 0 Å². The van der Waals surface area contributed by atoms with Gasteiger partial charge in [0, 0.05) is 18.8 Å². The van der Waals surface area contributed by atoms with Gasteiger partial charge in [-0.05, 0) is 44.0 Å². The van der Waals surface area contributed by atoms with E-state index in [0.717, 1.165) is 22.8 Å². The average molecular weight is 406 g/mol. The first-order valence-corrected chi connectivity index (χ1v) is 9.85. The zero-order chi connectivity index (χ0) is 21.2. The maximum atomic E-state index is 12.5. The molecule has 9 nitrogen and oxygen atoms in total. The predicted molar refractivity (Wildman–Crippen MR) is 107 cm³/mol. The zero-order valence-electron chi connectivity index (χ0n) is 16.0. The van der Waals surface area contributed by atoms with Crippen molar-refractivity contribution in [3.63, 3.8) is 0 Å². The first-order chi connectivity index (χ1) is 12.9. The van der Waals surface area contributed by atoms with Crippen LogP contribution < -0.4 is 15.4 Å². The van der Waals surface area contributed by atoms with Crippen molar-refractivity contribution in [2.45, 2.75) is 25.7 Å². The van der Waals surface area contributed by atoms with Crippen LogP contribution in [0, 0.1) is 30.9 Å². The molecule has 0 spiro atoms. The monoisotopic (exact) mass is 406 g/mol. The summed E-state index contributed by atoms with van der Waals surface area (Å²) in [5, 5.41) is 19.2. The van der Waals surface area contributed by atoms with Gasteiger partial charge in [-0.25, -0.2) is 13.6 Å². The first kappa shape index (κ1) is 21.3. The molecule has 2 aromatic rings. The van der Waals surface area contributed by atoms with E-state index in [1.54, 1.807) is 0 Å². The molecule has 0 radical (unpaired) electrons. The summed E-state index contributed by atoms with van der Waals surface area (Å²) in [5.41, 5.74) is 3.25. The highest BCUT2D eigenvalue weighted by atomic mass is 32.2. The number of primary sulfonamides is 1. The fourth-order valence-electron chi connectivity index (χ4n) is 3.01. The fourth-order valence-corrected chi connectivity index (χ4v) is 3.54. The van der Waals surface area contributed by atoms with E-state index in [1.165, 1.54) is 24.1 Å². The molecule has 0 fully saturated rings. The second-order valence-electron chi connectivity index (χ2n) is 6.63. The molecule has 0 saturated carbocycles. The van der Waals surface area contributed by atoms with E-state index in [4.69, 9.17) is 5.14 Å². The quantitative estimate of drug-likeness (QED) is 0.558. The lowest BCUT2D eigenvalue weighted by molar-refractivity contribution is -0.384. The van der Waals surface area contributed by atoms with Gasteiger partial charge in [-0.1, -0.05) is 17.7 Å². The number of nitro benzene ring substituents is 1. The minimum atomic E-state index is -4.08. The van der Waals surface area contributed by atoms with Crippen molar-refractivity contribution in [2.24, 2.45) is 5.14 Å². The van der Waals surface area contributed by atoms with Crippen molar-refractivity contribution >= 4 is 33.0 Å². The van der Waals surface area contributed by atoms with Crippen molar-refractivity contribution in [3.05, 3.63) is 57.1 Å². The molecule has 0 aliphatic rings. The lowest BCUT2D eigenvalue weighted by Crippen LogP contribution is -2.31. The van der Waals surface area contributed by atoms with Gasteiger partial charge in [0.25, 0.3) is 5.69 Å². The zero-order valence-corrected chi connectivity index (χ0v) is 16.8. The van der Waals surface area contributed by atoms with Crippen molar-refractivity contribution in [1.82, 2.24) is 0 Å². The molecule has 0 aliphatic carbocycles. The number of aryl methyl sites for hydroxylation is 3. The number of nitro groups is 1. The Kier molecular flexibility index (Phi) is 6.05. The second-order valence-corrected chi connectivity index (χ2v) is 8.19. The number of carbonyl (C=O) groups excluding carboxylic acids is 1. The molecule has 28 heavy (non-hydrogen) atoms. The molecule has 1 amide bonds. The number of nitrogens with one attached hydrogen (secondary N) is 1. The van der Waals surface area contributed by atoms with E-state index in [2.05, 4.69) is 5.32 Å². The molecule has 2 aromatic carbocycles. The summed E-state index contributed by atoms with van der Waals surface area (Å²) in [6.45, 7) is 5.57. The molecular formula is C18H22N4O5S. The lowest BCUT2D eigenvalue weighted by atomic mass is 10.1. The maximum absolute atomic E-state index is 12.5. The van der Waals surface area contributed by atoms with E-state index < -0.39 is 20.6 Å². The maximum Gasteiger partial charge on any atom is 0.293 e. The highest BCUT2D eigenvalue weighted by Gasteiger charge is 2.22. The van der Waals surface area contributed by atoms with Gasteiger partial charge in [0.05, 0.1) is 16.4 Å². The van der Waals surface area contributed by atoms with Crippen LogP contribution in [0.5, 0.6) is 0 Å². The van der Waals surface area contributed by atoms with Crippen molar-refractivity contribution in [1.29, 1.82) is 0 Å². The number of amides is 1. The Hall–Kier alpha value is -2.98. The molecule has 0 atom stereocenters. The van der Waals surface area contributed by atoms with Crippen LogP contribution in [0.1, 0.15) is 16.7 Å². The second kappa shape index (κ2) is 7.95. The van der Waals surface area contributed by atoms with Crippen molar-refractivity contribution in [3.8, 4) is 0 Å². The Bertz CT molecular complexity index is 1030. The van der Waals surface area contributed by atoms with E-state index in [-0.39, 0.29) is 23.0 Å². The standard InChI is InChI=1S/C18H22N4O5S/c1-11-7-12(2)18(13(3)8-11)20-17(23)10-21(4)15-6-5-14(28(19,26)27)9-16(15)22(24)25/h5-9H,10H2,1-4H3,(H,20,23)(H2,19,26,27). The van der Waals surface area contributed by atoms with Crippen LogP contribution >= 0.6 is 0 Å². The molecule has 0 heterocycles. The minimum Gasteiger partial charge on any atom is -0.360 e. The third kappa shape index (κ3) is 4.84. The highest BCUT2D eigenvalue weighted by Crippen LogP contribution is 2.30. The molecule has 0 aliphatic heterocycles. The van der Waals surface area contributed by atoms with Gasteiger partial charge in [0.15, 0.2) is 0 Å². The van der Waals surface area contributed by atoms with Crippen LogP contribution in [0.4, 0.5) is 17.1 Å². The first-order valence-electron chi connectivity index (χ1n) is 8.30. The van der Waals surface area contributed by atoms with E-state index >= 15 is 0 Å². The SMILES string of the molecule is Cc1cc(C)c(NC(=O)CN(C)c2ccc(S(N)(=O)=O)cc2[N+](=O)[O-])c(C)c1. The van der Waals surface area contributed by atoms with Crippen LogP contribution in [-0.4, -0.2) is 32.8 Å². The van der Waals surface area contributed by atoms with Gasteiger partial charge < -0.3 is 10.2 Å². The number of sulfonamides is 1. The topological polar surface area (TPSA) is 136 Å². The molecule has 150 valence electrons. The number of rotatable bonds is 6. The van der Waals surface area contributed by atoms with Crippen LogP contribution in [-0.2, 0) is 14.8 Å². The van der Waals surface area contributed by atoms with Gasteiger partial charge in [-0.3, -0.25) is 14.9 Å². The Morgan fingerprint density at radius 1 is 1.18 bits per heavy atom. The van der Waals surface area contributed by atoms with Gasteiger partial charge in [0.1, 0.15) is 5.69 Å². The van der Waals surface area contributed by atoms with E-state index in [9.17, 15) is 23.3 Å². The molecule has 2 rings (SSSR count). The van der Waals surface area contributed by atoms with Crippen molar-refractivity contribution < 1.29 is 18.1 Å². The molecular weight excluding hydrogens is 384 g/mol. The van der Waals surface area contributed by atoms with E-state index in [1.807, 2.05) is 32.9 Å². The van der Waals surface area contributed by atoms with Crippen LogP contribution in [0.25, 0.3) is 0 Å². The smallest absolute Gasteiger partial charge is 0.293 e. The summed E-state index contributed by atoms with van der Waals surface area (Å²) in [6, 6.07) is 7.20. The molecule has 10 heteroatoms. The Morgan fingerprint density at radius 3 is 2.25 bits per heavy atom. The normalized spacial score (nSPS) is 11.2. The summed E-state index contributed by atoms with van der Waals surface area (Å²) in [7, 11) is -2.57. The average Bonchev–Trinajstić information content (AvgIpc) is 2.56. The van der Waals surface area contributed by atoms with Crippen molar-refractivity contribution in [2.75, 3.05) is 23.8 Å². The number of benzene rings is 2. The van der Waals surface area contributed by atoms with Crippen LogP contribution in [0.3, 0.4) is 0 Å². The van der Waals surface area contributed by atoms with Gasteiger partial charge in [0.2, 0.25) is 15.9 Å². The number of hydrogen-bond acceptors (Lipinski definition) is 6. The number of nitrogens with zero attached hydrogens (tertiary/aromatic N) is 2. The summed E-state index contributed by atoms with van der Waals surface area (Å²) >= 11 is 0. The Morgan fingerprint density at radius 2 is 1.75 bits per heavy atom. The largest absolute Gasteiger partial charge is 0.360 e. The third-order valence-corrected chi connectivity index (χ3v) is 5.12. The number of hydrogen-bond donors (Lipinski definition) is 2. The van der Waals surface area contributed by atoms with Gasteiger partial charge in [-0.15, -0.1) is 0 Å². The third-order valence-electron chi connectivity index (χ3n) is 4.21. The lowest BCUT2D eigenvalue weighted by Gasteiger charge is -2.20. The fraction of sp³-hybridized carbons (Fsp3) is 0.278. The van der Waals surface area contributed by atoms with E-state index in [0.29, 0.717) is 5.69 Å². The molecule has 3 N–H and O–H groups in total. The number of carbonyl (C=O) groups is 1. The molecule has 0 saturated heterocycles. The summed E-state index contributed by atoms with van der Waals surface area (Å²) in [5.74, 6) is -0.359. The molecule has 0 bridgehead atoms.